The number of aliphatic hydroxyl groups is 3. The van der Waals surface area contributed by atoms with Gasteiger partial charge in [-0.25, -0.2) is 0 Å². The SMILES string of the molecule is OC1OC(CBr)[C@@H](O)[C@H]1O. The molecular weight excluding hydrogens is 204 g/mol. The lowest BCUT2D eigenvalue weighted by molar-refractivity contribution is -0.123. The summed E-state index contributed by atoms with van der Waals surface area (Å²) in [6, 6.07) is 0. The van der Waals surface area contributed by atoms with E-state index in [4.69, 9.17) is 20.1 Å². The maximum Gasteiger partial charge on any atom is 0.183 e. The minimum absolute atomic E-state index is 0.405. The Kier molecular flexibility index (Phi) is 2.65. The van der Waals surface area contributed by atoms with Crippen LogP contribution in [0.15, 0.2) is 0 Å². The standard InChI is InChI=1S/C5H9BrO4/c6-1-2-3(7)4(8)5(9)10-2/h2-5,7-9H,1H2/t2?,3-,4-,5?/m1/s1. The number of aliphatic hydroxyl groups excluding tert-OH is 3. The van der Waals surface area contributed by atoms with Gasteiger partial charge in [0, 0.05) is 5.33 Å². The first-order valence-electron chi connectivity index (χ1n) is 2.92. The van der Waals surface area contributed by atoms with Crippen molar-refractivity contribution in [2.75, 3.05) is 5.33 Å². The first-order chi connectivity index (χ1) is 4.66. The van der Waals surface area contributed by atoms with Crippen LogP contribution < -0.4 is 0 Å². The predicted molar refractivity (Wildman–Crippen MR) is 36.7 cm³/mol. The van der Waals surface area contributed by atoms with Crippen molar-refractivity contribution in [1.82, 2.24) is 0 Å². The van der Waals surface area contributed by atoms with E-state index in [1.54, 1.807) is 0 Å². The molecule has 1 heterocycles. The van der Waals surface area contributed by atoms with E-state index in [1.807, 2.05) is 0 Å². The Balaban J connectivity index is 2.53. The normalized spacial score (nSPS) is 48.0. The van der Waals surface area contributed by atoms with Crippen molar-refractivity contribution in [3.8, 4) is 0 Å². The fourth-order valence-electron chi connectivity index (χ4n) is 0.856. The molecule has 10 heavy (non-hydrogen) atoms. The smallest absolute Gasteiger partial charge is 0.183 e. The third-order valence-corrected chi connectivity index (χ3v) is 2.13. The van der Waals surface area contributed by atoms with E-state index in [2.05, 4.69) is 15.9 Å². The first kappa shape index (κ1) is 8.42. The Labute approximate surface area is 66.6 Å². The van der Waals surface area contributed by atoms with E-state index in [9.17, 15) is 0 Å². The number of alkyl halides is 1. The Hall–Kier alpha value is 0.320. The predicted octanol–water partition coefficient (Wildman–Crippen LogP) is -1.18. The summed E-state index contributed by atoms with van der Waals surface area (Å²) >= 11 is 3.06. The molecule has 4 atom stereocenters. The van der Waals surface area contributed by atoms with Crippen molar-refractivity contribution < 1.29 is 20.1 Å². The Bertz CT molecular complexity index is 120. The first-order valence-corrected chi connectivity index (χ1v) is 4.04. The molecule has 60 valence electrons. The number of hydrogen-bond donors (Lipinski definition) is 3. The van der Waals surface area contributed by atoms with Gasteiger partial charge in [-0.3, -0.25) is 0 Å². The van der Waals surface area contributed by atoms with Crippen LogP contribution in [-0.4, -0.2) is 45.3 Å². The van der Waals surface area contributed by atoms with Crippen LogP contribution in [0.3, 0.4) is 0 Å². The van der Waals surface area contributed by atoms with Crippen molar-refractivity contribution in [3.05, 3.63) is 0 Å². The van der Waals surface area contributed by atoms with Crippen molar-refractivity contribution in [3.63, 3.8) is 0 Å². The molecule has 0 aliphatic carbocycles. The maximum atomic E-state index is 9.06. The maximum absolute atomic E-state index is 9.06. The zero-order valence-electron chi connectivity index (χ0n) is 5.14. The van der Waals surface area contributed by atoms with Gasteiger partial charge in [0.25, 0.3) is 0 Å². The van der Waals surface area contributed by atoms with E-state index in [-0.39, 0.29) is 0 Å². The van der Waals surface area contributed by atoms with Crippen LogP contribution in [0.4, 0.5) is 0 Å². The lowest BCUT2D eigenvalue weighted by atomic mass is 10.2. The summed E-state index contributed by atoms with van der Waals surface area (Å²) in [7, 11) is 0. The second kappa shape index (κ2) is 3.15. The van der Waals surface area contributed by atoms with Crippen LogP contribution in [0.2, 0.25) is 0 Å². The topological polar surface area (TPSA) is 69.9 Å². The zero-order chi connectivity index (χ0) is 7.72. The minimum atomic E-state index is -1.25. The van der Waals surface area contributed by atoms with Crippen LogP contribution in [0.5, 0.6) is 0 Å². The van der Waals surface area contributed by atoms with Gasteiger partial charge in [-0.2, -0.15) is 0 Å². The summed E-state index contributed by atoms with van der Waals surface area (Å²) in [4.78, 5) is 0. The van der Waals surface area contributed by atoms with Crippen LogP contribution in [0.25, 0.3) is 0 Å². The number of ether oxygens (including phenoxy) is 1. The molecule has 0 saturated carbocycles. The molecule has 1 aliphatic rings. The molecular formula is C5H9BrO4. The average Bonchev–Trinajstić information content (AvgIpc) is 2.17. The molecule has 0 aromatic heterocycles. The molecule has 1 saturated heterocycles. The quantitative estimate of drug-likeness (QED) is 0.479. The summed E-state index contributed by atoms with van der Waals surface area (Å²) in [6.07, 6.45) is -3.93. The van der Waals surface area contributed by atoms with Gasteiger partial charge in [0.05, 0.1) is 6.10 Å². The minimum Gasteiger partial charge on any atom is -0.387 e. The monoisotopic (exact) mass is 212 g/mol. The van der Waals surface area contributed by atoms with E-state index >= 15 is 0 Å². The van der Waals surface area contributed by atoms with Crippen molar-refractivity contribution in [2.45, 2.75) is 24.6 Å². The van der Waals surface area contributed by atoms with Gasteiger partial charge in [-0.05, 0) is 0 Å². The van der Waals surface area contributed by atoms with E-state index in [0.717, 1.165) is 0 Å². The van der Waals surface area contributed by atoms with Crippen LogP contribution >= 0.6 is 15.9 Å². The van der Waals surface area contributed by atoms with Crippen LogP contribution in [-0.2, 0) is 4.74 Å². The average molecular weight is 213 g/mol. The summed E-state index contributed by atoms with van der Waals surface area (Å²) < 4.78 is 4.74. The highest BCUT2D eigenvalue weighted by Crippen LogP contribution is 2.20. The second-order valence-electron chi connectivity index (χ2n) is 2.20. The molecule has 2 unspecified atom stereocenters. The lowest BCUT2D eigenvalue weighted by Gasteiger charge is -2.09. The Morgan fingerprint density at radius 3 is 2.00 bits per heavy atom. The highest BCUT2D eigenvalue weighted by molar-refractivity contribution is 9.09. The van der Waals surface area contributed by atoms with Gasteiger partial charge in [0.1, 0.15) is 12.2 Å². The summed E-state index contributed by atoms with van der Waals surface area (Å²) in [5, 5.41) is 27.2. The van der Waals surface area contributed by atoms with Gasteiger partial charge in [0.15, 0.2) is 6.29 Å². The van der Waals surface area contributed by atoms with Crippen LogP contribution in [0.1, 0.15) is 0 Å². The molecule has 0 bridgehead atoms. The number of hydrogen-bond acceptors (Lipinski definition) is 4. The highest BCUT2D eigenvalue weighted by atomic mass is 79.9. The highest BCUT2D eigenvalue weighted by Gasteiger charge is 2.40. The largest absolute Gasteiger partial charge is 0.387 e. The van der Waals surface area contributed by atoms with Crippen molar-refractivity contribution >= 4 is 15.9 Å². The van der Waals surface area contributed by atoms with Gasteiger partial charge in [-0.1, -0.05) is 15.9 Å². The van der Waals surface area contributed by atoms with E-state index < -0.39 is 24.6 Å². The summed E-state index contributed by atoms with van der Waals surface area (Å²) in [5.41, 5.74) is 0. The fourth-order valence-corrected chi connectivity index (χ4v) is 1.39. The molecule has 0 aromatic carbocycles. The van der Waals surface area contributed by atoms with Gasteiger partial charge >= 0.3 is 0 Å². The molecule has 0 spiro atoms. The van der Waals surface area contributed by atoms with Gasteiger partial charge < -0.3 is 20.1 Å². The Morgan fingerprint density at radius 1 is 1.20 bits per heavy atom. The Morgan fingerprint density at radius 2 is 1.80 bits per heavy atom. The molecule has 5 heteroatoms. The molecule has 3 N–H and O–H groups in total. The molecule has 0 amide bonds. The fraction of sp³-hybridized carbons (Fsp3) is 1.00. The third-order valence-electron chi connectivity index (χ3n) is 1.49. The lowest BCUT2D eigenvalue weighted by Crippen LogP contribution is -2.32. The van der Waals surface area contributed by atoms with Crippen molar-refractivity contribution in [1.29, 1.82) is 0 Å². The van der Waals surface area contributed by atoms with Crippen molar-refractivity contribution in [2.24, 2.45) is 0 Å². The molecule has 1 aliphatic heterocycles. The number of rotatable bonds is 1. The van der Waals surface area contributed by atoms with E-state index in [0.29, 0.717) is 5.33 Å². The summed E-state index contributed by atoms with van der Waals surface area (Å²) in [6.45, 7) is 0. The van der Waals surface area contributed by atoms with Gasteiger partial charge in [0.2, 0.25) is 0 Å². The molecule has 1 fully saturated rings. The second-order valence-corrected chi connectivity index (χ2v) is 2.85. The number of halogens is 1. The molecule has 4 nitrogen and oxygen atoms in total. The third kappa shape index (κ3) is 1.33. The zero-order valence-corrected chi connectivity index (χ0v) is 6.73. The van der Waals surface area contributed by atoms with E-state index in [1.165, 1.54) is 0 Å². The van der Waals surface area contributed by atoms with Gasteiger partial charge in [-0.15, -0.1) is 0 Å². The molecule has 0 radical (unpaired) electrons. The summed E-state index contributed by atoms with van der Waals surface area (Å²) in [5.74, 6) is 0. The molecule has 1 rings (SSSR count). The van der Waals surface area contributed by atoms with Crippen LogP contribution in [0, 0.1) is 0 Å². The molecule has 0 aromatic rings.